The number of ketones is 1. The van der Waals surface area contributed by atoms with Gasteiger partial charge in [-0.05, 0) is 36.6 Å². The van der Waals surface area contributed by atoms with Crippen molar-refractivity contribution in [2.75, 3.05) is 0 Å². The smallest absolute Gasteiger partial charge is 0.164 e. The lowest BCUT2D eigenvalue weighted by Crippen LogP contribution is -2.36. The minimum absolute atomic E-state index is 0.0643. The molecule has 2 N–H and O–H groups in total. The third-order valence-corrected chi connectivity index (χ3v) is 3.67. The Hall–Kier alpha value is -1.74. The molecule has 0 aliphatic heterocycles. The minimum Gasteiger partial charge on any atom is -0.327 e. The maximum Gasteiger partial charge on any atom is 0.164 e. The Bertz CT molecular complexity index is 641. The van der Waals surface area contributed by atoms with E-state index in [2.05, 4.69) is 25.8 Å². The molecule has 0 saturated heterocycles. The average molecular weight is 270 g/mol. The summed E-state index contributed by atoms with van der Waals surface area (Å²) in [4.78, 5) is 16.8. The largest absolute Gasteiger partial charge is 0.327 e. The van der Waals surface area contributed by atoms with Crippen LogP contribution >= 0.6 is 0 Å². The molecule has 1 atom stereocenters. The molecule has 3 heteroatoms. The topological polar surface area (TPSA) is 56.0 Å². The first-order chi connectivity index (χ1) is 9.27. The molecule has 20 heavy (non-hydrogen) atoms. The Morgan fingerprint density at radius 1 is 1.25 bits per heavy atom. The van der Waals surface area contributed by atoms with Gasteiger partial charge in [-0.2, -0.15) is 0 Å². The minimum atomic E-state index is -0.137. The van der Waals surface area contributed by atoms with E-state index in [1.165, 1.54) is 0 Å². The molecule has 1 aromatic carbocycles. The van der Waals surface area contributed by atoms with E-state index in [1.807, 2.05) is 37.3 Å². The Balaban J connectivity index is 2.25. The number of fused-ring (bicyclic) bond motifs is 1. The average Bonchev–Trinajstić information content (AvgIpc) is 2.36. The van der Waals surface area contributed by atoms with Crippen molar-refractivity contribution < 1.29 is 4.79 Å². The summed E-state index contributed by atoms with van der Waals surface area (Å²) < 4.78 is 0. The lowest BCUT2D eigenvalue weighted by molar-refractivity contribution is 0.0953. The van der Waals surface area contributed by atoms with Crippen molar-refractivity contribution in [3.63, 3.8) is 0 Å². The van der Waals surface area contributed by atoms with Crippen molar-refractivity contribution in [2.45, 2.75) is 40.2 Å². The summed E-state index contributed by atoms with van der Waals surface area (Å²) in [5.74, 6) is 0.0925. The van der Waals surface area contributed by atoms with Gasteiger partial charge in [0.15, 0.2) is 5.78 Å². The maximum atomic E-state index is 12.3. The number of carbonyl (C=O) groups excluding carboxylic acids is 1. The zero-order chi connectivity index (χ0) is 14.9. The molecular formula is C17H22N2O. The first-order valence-electron chi connectivity index (χ1n) is 6.93. The van der Waals surface area contributed by atoms with Gasteiger partial charge in [0.2, 0.25) is 0 Å². The number of aryl methyl sites for hydroxylation is 1. The second-order valence-corrected chi connectivity index (χ2v) is 6.46. The maximum absolute atomic E-state index is 12.3. The lowest BCUT2D eigenvalue weighted by Gasteiger charge is -2.26. The Morgan fingerprint density at radius 2 is 1.95 bits per heavy atom. The van der Waals surface area contributed by atoms with Crippen LogP contribution in [-0.2, 0) is 0 Å². The van der Waals surface area contributed by atoms with Gasteiger partial charge < -0.3 is 5.73 Å². The van der Waals surface area contributed by atoms with Crippen molar-refractivity contribution in [2.24, 2.45) is 11.1 Å². The number of rotatable bonds is 3. The van der Waals surface area contributed by atoms with E-state index in [0.29, 0.717) is 12.0 Å². The molecule has 2 rings (SSSR count). The Labute approximate surface area is 120 Å². The molecule has 0 saturated carbocycles. The molecular weight excluding hydrogens is 248 g/mol. The highest BCUT2D eigenvalue weighted by atomic mass is 16.1. The normalized spacial score (nSPS) is 13.4. The lowest BCUT2D eigenvalue weighted by atomic mass is 9.83. The summed E-state index contributed by atoms with van der Waals surface area (Å²) in [5.41, 5.74) is 8.63. The van der Waals surface area contributed by atoms with Crippen LogP contribution in [0.5, 0.6) is 0 Å². The van der Waals surface area contributed by atoms with E-state index in [0.717, 1.165) is 16.6 Å². The Kier molecular flexibility index (Phi) is 3.91. The fourth-order valence-corrected chi connectivity index (χ4v) is 2.02. The zero-order valence-corrected chi connectivity index (χ0v) is 12.6. The number of nitrogens with zero attached hydrogens (tertiary/aromatic N) is 1. The molecule has 106 valence electrons. The van der Waals surface area contributed by atoms with Gasteiger partial charge in [-0.25, -0.2) is 0 Å². The molecule has 3 nitrogen and oxygen atoms in total. The van der Waals surface area contributed by atoms with Crippen LogP contribution in [0.25, 0.3) is 10.9 Å². The first kappa shape index (κ1) is 14.7. The second kappa shape index (κ2) is 5.33. The number of hydrogen-bond acceptors (Lipinski definition) is 3. The molecule has 0 spiro atoms. The third-order valence-electron chi connectivity index (χ3n) is 3.67. The Morgan fingerprint density at radius 3 is 2.60 bits per heavy atom. The van der Waals surface area contributed by atoms with Gasteiger partial charge in [0.1, 0.15) is 0 Å². The molecule has 2 aromatic rings. The monoisotopic (exact) mass is 270 g/mol. The number of hydrogen-bond donors (Lipinski definition) is 1. The SMILES string of the molecule is Cc1ccc2cc(C(=O)CC(N)C(C)(C)C)ccc2n1. The molecule has 0 aliphatic carbocycles. The van der Waals surface area contributed by atoms with Gasteiger partial charge in [0.05, 0.1) is 5.52 Å². The summed E-state index contributed by atoms with van der Waals surface area (Å²) in [5, 5.41) is 0.991. The highest BCUT2D eigenvalue weighted by Crippen LogP contribution is 2.22. The van der Waals surface area contributed by atoms with E-state index in [-0.39, 0.29) is 17.2 Å². The quantitative estimate of drug-likeness (QED) is 0.869. The van der Waals surface area contributed by atoms with E-state index in [4.69, 9.17) is 5.73 Å². The molecule has 0 amide bonds. The number of benzene rings is 1. The highest BCUT2D eigenvalue weighted by Gasteiger charge is 2.23. The predicted molar refractivity (Wildman–Crippen MR) is 82.9 cm³/mol. The van der Waals surface area contributed by atoms with E-state index >= 15 is 0 Å². The van der Waals surface area contributed by atoms with Gasteiger partial charge in [-0.15, -0.1) is 0 Å². The third kappa shape index (κ3) is 3.23. The zero-order valence-electron chi connectivity index (χ0n) is 12.6. The summed E-state index contributed by atoms with van der Waals surface area (Å²) in [6.07, 6.45) is 0.369. The number of nitrogens with two attached hydrogens (primary N) is 1. The number of aromatic nitrogens is 1. The molecule has 0 radical (unpaired) electrons. The number of Topliss-reactive ketones (excluding diaryl/α,β-unsaturated/α-hetero) is 1. The van der Waals surface area contributed by atoms with Crippen LogP contribution in [0.2, 0.25) is 0 Å². The van der Waals surface area contributed by atoms with Crippen LogP contribution < -0.4 is 5.73 Å². The van der Waals surface area contributed by atoms with Gasteiger partial charge in [0.25, 0.3) is 0 Å². The van der Waals surface area contributed by atoms with Crippen molar-refractivity contribution in [1.29, 1.82) is 0 Å². The highest BCUT2D eigenvalue weighted by molar-refractivity contribution is 5.99. The first-order valence-corrected chi connectivity index (χ1v) is 6.93. The summed E-state index contributed by atoms with van der Waals surface area (Å²) in [6, 6.07) is 9.46. The van der Waals surface area contributed by atoms with Gasteiger partial charge in [-0.3, -0.25) is 9.78 Å². The van der Waals surface area contributed by atoms with Crippen molar-refractivity contribution in [3.05, 3.63) is 41.6 Å². The number of pyridine rings is 1. The van der Waals surface area contributed by atoms with Gasteiger partial charge >= 0.3 is 0 Å². The summed E-state index contributed by atoms with van der Waals surface area (Å²) >= 11 is 0. The summed E-state index contributed by atoms with van der Waals surface area (Å²) in [6.45, 7) is 8.12. The fourth-order valence-electron chi connectivity index (χ4n) is 2.02. The van der Waals surface area contributed by atoms with Crippen LogP contribution in [-0.4, -0.2) is 16.8 Å². The molecule has 1 aromatic heterocycles. The number of carbonyl (C=O) groups is 1. The fraction of sp³-hybridized carbons (Fsp3) is 0.412. The van der Waals surface area contributed by atoms with E-state index in [9.17, 15) is 4.79 Å². The van der Waals surface area contributed by atoms with Gasteiger partial charge in [-0.1, -0.05) is 26.8 Å². The molecule has 1 unspecified atom stereocenters. The van der Waals surface area contributed by atoms with Gasteiger partial charge in [0, 0.05) is 29.1 Å². The molecule has 1 heterocycles. The van der Waals surface area contributed by atoms with Crippen LogP contribution in [0.1, 0.15) is 43.2 Å². The van der Waals surface area contributed by atoms with E-state index in [1.54, 1.807) is 0 Å². The van der Waals surface area contributed by atoms with Crippen molar-refractivity contribution >= 4 is 16.7 Å². The van der Waals surface area contributed by atoms with Crippen molar-refractivity contribution in [3.8, 4) is 0 Å². The molecule has 0 bridgehead atoms. The standard InChI is InChI=1S/C17H22N2O/c1-11-5-6-12-9-13(7-8-14(12)19-11)15(20)10-16(18)17(2,3)4/h5-9,16H,10,18H2,1-4H3. The molecule has 0 aliphatic rings. The summed E-state index contributed by atoms with van der Waals surface area (Å²) in [7, 11) is 0. The predicted octanol–water partition coefficient (Wildman–Crippen LogP) is 3.49. The molecule has 0 fully saturated rings. The van der Waals surface area contributed by atoms with Crippen LogP contribution in [0, 0.1) is 12.3 Å². The van der Waals surface area contributed by atoms with Crippen LogP contribution in [0.15, 0.2) is 30.3 Å². The van der Waals surface area contributed by atoms with Crippen LogP contribution in [0.3, 0.4) is 0 Å². The van der Waals surface area contributed by atoms with Crippen molar-refractivity contribution in [1.82, 2.24) is 4.98 Å². The van der Waals surface area contributed by atoms with E-state index < -0.39 is 0 Å². The van der Waals surface area contributed by atoms with Crippen LogP contribution in [0.4, 0.5) is 0 Å². The second-order valence-electron chi connectivity index (χ2n) is 6.46.